The summed E-state index contributed by atoms with van der Waals surface area (Å²) in [5.74, 6) is -3.83. The van der Waals surface area contributed by atoms with Gasteiger partial charge >= 0.3 is 23.9 Å². The van der Waals surface area contributed by atoms with Crippen LogP contribution in [0.1, 0.15) is 48.5 Å². The first-order valence-electron chi connectivity index (χ1n) is 11.6. The van der Waals surface area contributed by atoms with E-state index in [1.54, 1.807) is 0 Å². The van der Waals surface area contributed by atoms with Gasteiger partial charge in [0.2, 0.25) is 0 Å². The molecule has 2 heterocycles. The zero-order valence-electron chi connectivity index (χ0n) is 21.0. The van der Waals surface area contributed by atoms with Gasteiger partial charge in [-0.1, -0.05) is 6.07 Å². The number of rotatable bonds is 5. The molecular formula is C29H20O11. The second-order valence-electron chi connectivity index (χ2n) is 8.77. The standard InChI is InChI=1S/C29H20O11/c1-37-25(32)7-4-14-10-19-23(12-21(14)30)39-24-13-22(31)15(5-8-26(33)38-2)11-20(24)29(19)18-6-3-16(27(34)35)9-17(18)28(36)40-29/h3-13,30-31H,1-2H3,(H,34,35)/b7-4+,8-5+. The number of carboxylic acid groups (broad SMARTS) is 1. The Bertz CT molecular complexity index is 1600. The van der Waals surface area contributed by atoms with E-state index in [4.69, 9.17) is 9.47 Å². The first-order valence-corrected chi connectivity index (χ1v) is 11.6. The molecule has 0 bridgehead atoms. The zero-order valence-corrected chi connectivity index (χ0v) is 21.0. The van der Waals surface area contributed by atoms with Crippen LogP contribution in [0.25, 0.3) is 12.2 Å². The van der Waals surface area contributed by atoms with E-state index in [1.807, 2.05) is 0 Å². The summed E-state index contributed by atoms with van der Waals surface area (Å²) in [6.45, 7) is 0. The summed E-state index contributed by atoms with van der Waals surface area (Å²) < 4.78 is 21.3. The van der Waals surface area contributed by atoms with Crippen LogP contribution in [-0.4, -0.2) is 53.4 Å². The summed E-state index contributed by atoms with van der Waals surface area (Å²) in [6, 6.07) is 9.38. The van der Waals surface area contributed by atoms with Crippen molar-refractivity contribution in [2.75, 3.05) is 14.2 Å². The van der Waals surface area contributed by atoms with E-state index in [9.17, 15) is 34.5 Å². The maximum absolute atomic E-state index is 13.2. The predicted molar refractivity (Wildman–Crippen MR) is 137 cm³/mol. The van der Waals surface area contributed by atoms with Crippen LogP contribution >= 0.6 is 0 Å². The highest BCUT2D eigenvalue weighted by Crippen LogP contribution is 2.58. The van der Waals surface area contributed by atoms with E-state index < -0.39 is 29.5 Å². The van der Waals surface area contributed by atoms with Crippen molar-refractivity contribution in [2.45, 2.75) is 5.60 Å². The molecule has 3 N–H and O–H groups in total. The third-order valence-corrected chi connectivity index (χ3v) is 6.55. The first-order chi connectivity index (χ1) is 19.1. The summed E-state index contributed by atoms with van der Waals surface area (Å²) >= 11 is 0. The molecule has 40 heavy (non-hydrogen) atoms. The van der Waals surface area contributed by atoms with Crippen LogP contribution in [0, 0.1) is 0 Å². The van der Waals surface area contributed by atoms with Crippen molar-refractivity contribution in [3.63, 3.8) is 0 Å². The molecule has 0 amide bonds. The highest BCUT2D eigenvalue weighted by atomic mass is 16.6. The average Bonchev–Trinajstić information content (AvgIpc) is 3.22. The number of fused-ring (bicyclic) bond motifs is 6. The van der Waals surface area contributed by atoms with E-state index in [0.29, 0.717) is 0 Å². The number of benzene rings is 3. The van der Waals surface area contributed by atoms with Crippen molar-refractivity contribution in [3.05, 3.63) is 93.6 Å². The highest BCUT2D eigenvalue weighted by molar-refractivity contribution is 6.00. The van der Waals surface area contributed by atoms with E-state index >= 15 is 0 Å². The average molecular weight is 544 g/mol. The van der Waals surface area contributed by atoms with Gasteiger partial charge in [0, 0.05) is 52.1 Å². The molecule has 11 heteroatoms. The number of esters is 3. The van der Waals surface area contributed by atoms with E-state index in [-0.39, 0.29) is 61.9 Å². The Morgan fingerprint density at radius 1 is 0.800 bits per heavy atom. The molecule has 0 atom stereocenters. The van der Waals surface area contributed by atoms with E-state index in [1.165, 1.54) is 68.8 Å². The molecule has 0 aromatic heterocycles. The summed E-state index contributed by atoms with van der Waals surface area (Å²) in [5, 5.41) is 30.8. The van der Waals surface area contributed by atoms with Crippen molar-refractivity contribution in [2.24, 2.45) is 0 Å². The number of hydrogen-bond acceptors (Lipinski definition) is 10. The molecule has 1 spiro atoms. The summed E-state index contributed by atoms with van der Waals surface area (Å²) in [6.07, 6.45) is 4.79. The molecule has 11 nitrogen and oxygen atoms in total. The van der Waals surface area contributed by atoms with Crippen LogP contribution in [0.15, 0.2) is 54.6 Å². The van der Waals surface area contributed by atoms with Crippen molar-refractivity contribution < 1.29 is 53.4 Å². The van der Waals surface area contributed by atoms with Gasteiger partial charge in [-0.25, -0.2) is 19.2 Å². The van der Waals surface area contributed by atoms with Gasteiger partial charge < -0.3 is 34.3 Å². The minimum atomic E-state index is -1.73. The Morgan fingerprint density at radius 3 is 1.80 bits per heavy atom. The van der Waals surface area contributed by atoms with Crippen LogP contribution in [0.3, 0.4) is 0 Å². The number of carboxylic acids is 1. The van der Waals surface area contributed by atoms with Crippen LogP contribution in [0.2, 0.25) is 0 Å². The molecule has 3 aromatic rings. The third kappa shape index (κ3) is 4.09. The summed E-state index contributed by atoms with van der Waals surface area (Å²) in [5.41, 5.74) is -0.806. The number of aromatic hydroxyl groups is 2. The second kappa shape index (κ2) is 9.62. The largest absolute Gasteiger partial charge is 0.507 e. The lowest BCUT2D eigenvalue weighted by Crippen LogP contribution is -2.33. The maximum atomic E-state index is 13.2. The molecule has 0 fully saturated rings. The van der Waals surface area contributed by atoms with Crippen LogP contribution < -0.4 is 4.74 Å². The van der Waals surface area contributed by atoms with Gasteiger partial charge in [-0.3, -0.25) is 0 Å². The SMILES string of the molecule is COC(=O)/C=C/c1cc2c(cc1O)Oc1cc(O)c(/C=C/C(=O)OC)cc1C21OC(=O)c2cc(C(=O)O)ccc21. The number of methoxy groups -OCH3 is 2. The number of carbonyl (C=O) groups is 4. The molecule has 0 aliphatic carbocycles. The molecule has 0 radical (unpaired) electrons. The Labute approximate surface area is 226 Å². The Morgan fingerprint density at radius 2 is 1.32 bits per heavy atom. The van der Waals surface area contributed by atoms with Gasteiger partial charge in [0.1, 0.15) is 23.0 Å². The van der Waals surface area contributed by atoms with E-state index in [0.717, 1.165) is 12.2 Å². The van der Waals surface area contributed by atoms with Crippen molar-refractivity contribution in [1.29, 1.82) is 0 Å². The number of ether oxygens (including phenoxy) is 4. The maximum Gasteiger partial charge on any atom is 0.340 e. The minimum absolute atomic E-state index is 0.0156. The zero-order chi connectivity index (χ0) is 28.8. The number of aromatic carboxylic acids is 1. The molecule has 202 valence electrons. The second-order valence-corrected chi connectivity index (χ2v) is 8.77. The molecule has 2 aliphatic rings. The van der Waals surface area contributed by atoms with Crippen molar-refractivity contribution in [3.8, 4) is 23.0 Å². The fourth-order valence-corrected chi connectivity index (χ4v) is 4.68. The van der Waals surface area contributed by atoms with Gasteiger partial charge in [0.05, 0.1) is 25.3 Å². The smallest absolute Gasteiger partial charge is 0.340 e. The molecule has 5 rings (SSSR count). The van der Waals surface area contributed by atoms with Crippen LogP contribution in [-0.2, 0) is 29.4 Å². The van der Waals surface area contributed by atoms with Crippen molar-refractivity contribution >= 4 is 36.0 Å². The van der Waals surface area contributed by atoms with Gasteiger partial charge in [-0.15, -0.1) is 0 Å². The lowest BCUT2D eigenvalue weighted by Gasteiger charge is -2.37. The van der Waals surface area contributed by atoms with E-state index in [2.05, 4.69) is 9.47 Å². The Hall–Kier alpha value is -5.58. The Kier molecular flexibility index (Phi) is 6.26. The molecule has 2 aliphatic heterocycles. The number of phenols is 2. The molecule has 0 saturated heterocycles. The topological polar surface area (TPSA) is 166 Å². The normalized spacial score (nSPS) is 14.3. The number of phenolic OH excluding ortho intramolecular Hbond substituents is 2. The van der Waals surface area contributed by atoms with Gasteiger partial charge in [-0.2, -0.15) is 0 Å². The summed E-state index contributed by atoms with van der Waals surface area (Å²) in [7, 11) is 2.39. The number of hydrogen-bond donors (Lipinski definition) is 3. The first kappa shape index (κ1) is 26.0. The monoisotopic (exact) mass is 544 g/mol. The lowest BCUT2D eigenvalue weighted by atomic mass is 9.76. The van der Waals surface area contributed by atoms with Gasteiger partial charge in [0.15, 0.2) is 5.60 Å². The third-order valence-electron chi connectivity index (χ3n) is 6.55. The minimum Gasteiger partial charge on any atom is -0.507 e. The Balaban J connectivity index is 1.81. The lowest BCUT2D eigenvalue weighted by molar-refractivity contribution is -0.135. The predicted octanol–water partition coefficient (Wildman–Crippen LogP) is 3.74. The molecule has 0 saturated carbocycles. The van der Waals surface area contributed by atoms with Gasteiger partial charge in [0.25, 0.3) is 0 Å². The number of carbonyl (C=O) groups excluding carboxylic acids is 3. The van der Waals surface area contributed by atoms with Gasteiger partial charge in [-0.05, 0) is 36.4 Å². The highest BCUT2D eigenvalue weighted by Gasteiger charge is 2.54. The fraction of sp³-hybridized carbons (Fsp3) is 0.103. The molecule has 0 unspecified atom stereocenters. The van der Waals surface area contributed by atoms with Crippen molar-refractivity contribution in [1.82, 2.24) is 0 Å². The molecule has 3 aromatic carbocycles. The molecular weight excluding hydrogens is 524 g/mol. The van der Waals surface area contributed by atoms with Crippen LogP contribution in [0.5, 0.6) is 23.0 Å². The quantitative estimate of drug-likeness (QED) is 0.243. The summed E-state index contributed by atoms with van der Waals surface area (Å²) in [4.78, 5) is 48.3. The van der Waals surface area contributed by atoms with Crippen LogP contribution in [0.4, 0.5) is 0 Å². The fourth-order valence-electron chi connectivity index (χ4n) is 4.68.